The lowest BCUT2D eigenvalue weighted by molar-refractivity contribution is -0.0197. The van der Waals surface area contributed by atoms with E-state index in [-0.39, 0.29) is 5.97 Å². The molecule has 3 heteroatoms. The predicted molar refractivity (Wildman–Crippen MR) is 80.7 cm³/mol. The molecule has 0 aliphatic carbocycles. The summed E-state index contributed by atoms with van der Waals surface area (Å²) in [5, 5.41) is 9.74. The predicted octanol–water partition coefficient (Wildman–Crippen LogP) is 3.95. The summed E-state index contributed by atoms with van der Waals surface area (Å²) in [4.78, 5) is 12.1. The molecule has 0 aliphatic rings. The standard InChI is InChI=1S/C17H26O3/c1-5-17(4,13-9-12-16(2,3)19)20-15(18)14-10-7-6-8-11-14/h6-8,10-11,19H,5,9,12-13H2,1-4H3. The van der Waals surface area contributed by atoms with E-state index in [1.807, 2.05) is 32.0 Å². The molecule has 1 rings (SSSR count). The smallest absolute Gasteiger partial charge is 0.338 e. The molecule has 1 aromatic carbocycles. The van der Waals surface area contributed by atoms with Crippen LogP contribution in [0.2, 0.25) is 0 Å². The molecule has 112 valence electrons. The lowest BCUT2D eigenvalue weighted by atomic mass is 9.92. The Kier molecular flexibility index (Phi) is 5.75. The van der Waals surface area contributed by atoms with Gasteiger partial charge < -0.3 is 9.84 Å². The minimum atomic E-state index is -0.669. The first-order valence-corrected chi connectivity index (χ1v) is 7.26. The fourth-order valence-corrected chi connectivity index (χ4v) is 2.05. The molecule has 0 saturated heterocycles. The van der Waals surface area contributed by atoms with Crippen LogP contribution in [0.3, 0.4) is 0 Å². The summed E-state index contributed by atoms with van der Waals surface area (Å²) in [5.41, 5.74) is -0.564. The van der Waals surface area contributed by atoms with Crippen molar-refractivity contribution in [1.29, 1.82) is 0 Å². The molecule has 1 aromatic rings. The number of aliphatic hydroxyl groups is 1. The summed E-state index contributed by atoms with van der Waals surface area (Å²) in [7, 11) is 0. The van der Waals surface area contributed by atoms with Gasteiger partial charge in [-0.25, -0.2) is 4.79 Å². The van der Waals surface area contributed by atoms with Crippen molar-refractivity contribution < 1.29 is 14.6 Å². The second-order valence-electron chi connectivity index (χ2n) is 6.22. The molecule has 1 N–H and O–H groups in total. The number of esters is 1. The fraction of sp³-hybridized carbons (Fsp3) is 0.588. The normalized spacial score (nSPS) is 14.7. The van der Waals surface area contributed by atoms with Gasteiger partial charge in [0.1, 0.15) is 5.60 Å². The summed E-state index contributed by atoms with van der Waals surface area (Å²) >= 11 is 0. The second-order valence-corrected chi connectivity index (χ2v) is 6.22. The molecule has 1 unspecified atom stereocenters. The molecule has 0 saturated carbocycles. The molecule has 0 heterocycles. The molecule has 0 aliphatic heterocycles. The molecule has 0 radical (unpaired) electrons. The first kappa shape index (κ1) is 16.7. The Morgan fingerprint density at radius 2 is 1.75 bits per heavy atom. The average Bonchev–Trinajstić information content (AvgIpc) is 2.38. The van der Waals surface area contributed by atoms with E-state index >= 15 is 0 Å². The van der Waals surface area contributed by atoms with Crippen molar-refractivity contribution >= 4 is 5.97 Å². The highest BCUT2D eigenvalue weighted by Crippen LogP contribution is 2.26. The lowest BCUT2D eigenvalue weighted by Gasteiger charge is -2.29. The highest BCUT2D eigenvalue weighted by Gasteiger charge is 2.27. The Hall–Kier alpha value is -1.35. The van der Waals surface area contributed by atoms with Gasteiger partial charge >= 0.3 is 5.97 Å². The van der Waals surface area contributed by atoms with E-state index in [1.165, 1.54) is 0 Å². The van der Waals surface area contributed by atoms with Crippen LogP contribution in [0.1, 0.15) is 63.7 Å². The van der Waals surface area contributed by atoms with Crippen molar-refractivity contribution in [1.82, 2.24) is 0 Å². The van der Waals surface area contributed by atoms with Crippen molar-refractivity contribution in [3.63, 3.8) is 0 Å². The van der Waals surface area contributed by atoms with Crippen LogP contribution in [-0.4, -0.2) is 22.3 Å². The third-order valence-corrected chi connectivity index (χ3v) is 3.59. The Balaban J connectivity index is 2.58. The number of ether oxygens (including phenoxy) is 1. The molecule has 0 spiro atoms. The van der Waals surface area contributed by atoms with Crippen molar-refractivity contribution in [2.75, 3.05) is 0 Å². The second kappa shape index (κ2) is 6.89. The van der Waals surface area contributed by atoms with E-state index in [1.54, 1.807) is 26.0 Å². The van der Waals surface area contributed by atoms with E-state index in [4.69, 9.17) is 4.74 Å². The van der Waals surface area contributed by atoms with Gasteiger partial charge in [0, 0.05) is 0 Å². The average molecular weight is 278 g/mol. The van der Waals surface area contributed by atoms with Crippen LogP contribution in [0.15, 0.2) is 30.3 Å². The molecule has 0 fully saturated rings. The van der Waals surface area contributed by atoms with E-state index in [9.17, 15) is 9.90 Å². The number of carbonyl (C=O) groups is 1. The summed E-state index contributed by atoms with van der Waals surface area (Å²) < 4.78 is 5.67. The van der Waals surface area contributed by atoms with E-state index in [0.29, 0.717) is 12.0 Å². The van der Waals surface area contributed by atoms with Crippen LogP contribution in [0, 0.1) is 0 Å². The van der Waals surface area contributed by atoms with Crippen LogP contribution in [0.5, 0.6) is 0 Å². The quantitative estimate of drug-likeness (QED) is 0.768. The van der Waals surface area contributed by atoms with Gasteiger partial charge in [-0.3, -0.25) is 0 Å². The zero-order chi connectivity index (χ0) is 15.2. The Bertz CT molecular complexity index is 420. The molecular weight excluding hydrogens is 252 g/mol. The van der Waals surface area contributed by atoms with E-state index in [0.717, 1.165) is 19.3 Å². The number of carbonyl (C=O) groups excluding carboxylic acids is 1. The third-order valence-electron chi connectivity index (χ3n) is 3.59. The van der Waals surface area contributed by atoms with Gasteiger partial charge in [-0.2, -0.15) is 0 Å². The van der Waals surface area contributed by atoms with Crippen molar-refractivity contribution in [2.45, 2.75) is 64.6 Å². The maximum atomic E-state index is 12.1. The number of benzene rings is 1. The van der Waals surface area contributed by atoms with Crippen LogP contribution in [0.4, 0.5) is 0 Å². The molecule has 0 aromatic heterocycles. The summed E-state index contributed by atoms with van der Waals surface area (Å²) in [6.45, 7) is 7.57. The van der Waals surface area contributed by atoms with Crippen LogP contribution in [0.25, 0.3) is 0 Å². The lowest BCUT2D eigenvalue weighted by Crippen LogP contribution is -2.32. The molecule has 20 heavy (non-hydrogen) atoms. The Labute approximate surface area is 122 Å². The molecule has 0 bridgehead atoms. The van der Waals surface area contributed by atoms with Crippen LogP contribution in [-0.2, 0) is 4.74 Å². The van der Waals surface area contributed by atoms with Gasteiger partial charge in [0.05, 0.1) is 11.2 Å². The van der Waals surface area contributed by atoms with Gasteiger partial charge in [0.2, 0.25) is 0 Å². The largest absolute Gasteiger partial charge is 0.456 e. The third kappa shape index (κ3) is 5.74. The van der Waals surface area contributed by atoms with Crippen molar-refractivity contribution in [3.8, 4) is 0 Å². The number of hydrogen-bond acceptors (Lipinski definition) is 3. The van der Waals surface area contributed by atoms with Crippen LogP contribution >= 0.6 is 0 Å². The maximum Gasteiger partial charge on any atom is 0.338 e. The minimum Gasteiger partial charge on any atom is -0.456 e. The highest BCUT2D eigenvalue weighted by atomic mass is 16.6. The van der Waals surface area contributed by atoms with Crippen molar-refractivity contribution in [2.24, 2.45) is 0 Å². The Morgan fingerprint density at radius 3 is 2.25 bits per heavy atom. The topological polar surface area (TPSA) is 46.5 Å². The van der Waals surface area contributed by atoms with Gasteiger partial charge in [0.15, 0.2) is 0 Å². The van der Waals surface area contributed by atoms with Crippen molar-refractivity contribution in [3.05, 3.63) is 35.9 Å². The highest BCUT2D eigenvalue weighted by molar-refractivity contribution is 5.89. The summed E-state index contributed by atoms with van der Waals surface area (Å²) in [6, 6.07) is 9.05. The first-order valence-electron chi connectivity index (χ1n) is 7.26. The van der Waals surface area contributed by atoms with Crippen LogP contribution < -0.4 is 0 Å². The molecule has 1 atom stereocenters. The first-order chi connectivity index (χ1) is 9.26. The molecule has 3 nitrogen and oxygen atoms in total. The summed E-state index contributed by atoms with van der Waals surface area (Å²) in [5.74, 6) is -0.279. The Morgan fingerprint density at radius 1 is 1.15 bits per heavy atom. The number of hydrogen-bond donors (Lipinski definition) is 1. The zero-order valence-electron chi connectivity index (χ0n) is 13.0. The van der Waals surface area contributed by atoms with Gasteiger partial charge in [-0.1, -0.05) is 25.1 Å². The molecular formula is C17H26O3. The monoisotopic (exact) mass is 278 g/mol. The van der Waals surface area contributed by atoms with Gasteiger partial charge in [-0.05, 0) is 58.6 Å². The van der Waals surface area contributed by atoms with Gasteiger partial charge in [0.25, 0.3) is 0 Å². The maximum absolute atomic E-state index is 12.1. The number of rotatable bonds is 7. The SMILES string of the molecule is CCC(C)(CCCC(C)(C)O)OC(=O)c1ccccc1. The zero-order valence-corrected chi connectivity index (χ0v) is 13.0. The van der Waals surface area contributed by atoms with E-state index in [2.05, 4.69) is 0 Å². The molecule has 0 amide bonds. The fourth-order valence-electron chi connectivity index (χ4n) is 2.05. The van der Waals surface area contributed by atoms with Gasteiger partial charge in [-0.15, -0.1) is 0 Å². The van der Waals surface area contributed by atoms with E-state index < -0.39 is 11.2 Å². The summed E-state index contributed by atoms with van der Waals surface area (Å²) in [6.07, 6.45) is 3.05. The minimum absolute atomic E-state index is 0.279.